The van der Waals surface area contributed by atoms with Gasteiger partial charge in [0.25, 0.3) is 0 Å². The number of hydrogen-bond donors (Lipinski definition) is 1. The average Bonchev–Trinajstić information content (AvgIpc) is 2.40. The third-order valence-electron chi connectivity index (χ3n) is 2.40. The predicted molar refractivity (Wildman–Crippen MR) is 71.2 cm³/mol. The second kappa shape index (κ2) is 5.46. The van der Waals surface area contributed by atoms with Crippen LogP contribution in [0.25, 0.3) is 0 Å². The van der Waals surface area contributed by atoms with E-state index in [1.54, 1.807) is 13.1 Å². The molecule has 0 saturated carbocycles. The summed E-state index contributed by atoms with van der Waals surface area (Å²) in [4.78, 5) is 20.5. The van der Waals surface area contributed by atoms with E-state index in [0.29, 0.717) is 17.9 Å². The number of nitrogens with zero attached hydrogens (tertiary/aromatic N) is 3. The lowest BCUT2D eigenvalue weighted by molar-refractivity contribution is -0.106. The zero-order chi connectivity index (χ0) is 13.0. The number of amides is 1. The molecular weight excluding hydrogens is 252 g/mol. The van der Waals surface area contributed by atoms with Crippen molar-refractivity contribution in [2.45, 2.75) is 0 Å². The highest BCUT2D eigenvalue weighted by Gasteiger charge is 2.13. The van der Waals surface area contributed by atoms with Crippen LogP contribution in [0.1, 0.15) is 0 Å². The van der Waals surface area contributed by atoms with Crippen molar-refractivity contribution in [3.63, 3.8) is 0 Å². The van der Waals surface area contributed by atoms with Crippen LogP contribution in [0.4, 0.5) is 17.2 Å². The summed E-state index contributed by atoms with van der Waals surface area (Å²) < 4.78 is 0. The molecule has 1 N–H and O–H groups in total. The number of halogens is 1. The van der Waals surface area contributed by atoms with Crippen LogP contribution in [0.15, 0.2) is 36.5 Å². The second-order valence-electron chi connectivity index (χ2n) is 3.43. The molecule has 0 bridgehead atoms. The van der Waals surface area contributed by atoms with Crippen molar-refractivity contribution in [2.24, 2.45) is 0 Å². The molecule has 2 aromatic rings. The molecule has 0 fully saturated rings. The third kappa shape index (κ3) is 2.41. The number of aromatic nitrogens is 2. The van der Waals surface area contributed by atoms with Gasteiger partial charge in [-0.1, -0.05) is 12.1 Å². The van der Waals surface area contributed by atoms with E-state index in [9.17, 15) is 4.79 Å². The van der Waals surface area contributed by atoms with E-state index in [4.69, 9.17) is 11.6 Å². The number of anilines is 3. The summed E-state index contributed by atoms with van der Waals surface area (Å²) in [5.74, 6) is 0.424. The van der Waals surface area contributed by atoms with Crippen LogP contribution >= 0.6 is 11.6 Å². The molecular formula is C12H11ClN4O. The molecule has 0 spiro atoms. The van der Waals surface area contributed by atoms with Crippen LogP contribution in [0.3, 0.4) is 0 Å². The molecule has 6 heteroatoms. The summed E-state index contributed by atoms with van der Waals surface area (Å²) in [6, 6.07) is 9.03. The lowest BCUT2D eigenvalue weighted by atomic mass is 10.2. The highest BCUT2D eigenvalue weighted by molar-refractivity contribution is 6.28. The van der Waals surface area contributed by atoms with Crippen molar-refractivity contribution in [2.75, 3.05) is 17.3 Å². The Kier molecular flexibility index (Phi) is 3.74. The lowest BCUT2D eigenvalue weighted by Crippen LogP contribution is -2.17. The van der Waals surface area contributed by atoms with Gasteiger partial charge in [0.1, 0.15) is 5.82 Å². The Hall–Kier alpha value is -2.14. The molecule has 1 heterocycles. The number of rotatable bonds is 4. The van der Waals surface area contributed by atoms with Gasteiger partial charge in [0, 0.05) is 13.2 Å². The Morgan fingerprint density at radius 3 is 2.78 bits per heavy atom. The smallest absolute Gasteiger partial charge is 0.224 e. The summed E-state index contributed by atoms with van der Waals surface area (Å²) in [7, 11) is 1.79. The first-order valence-electron chi connectivity index (χ1n) is 5.26. The van der Waals surface area contributed by atoms with Crippen molar-refractivity contribution in [1.29, 1.82) is 0 Å². The van der Waals surface area contributed by atoms with Crippen molar-refractivity contribution >= 4 is 35.2 Å². The van der Waals surface area contributed by atoms with Gasteiger partial charge >= 0.3 is 0 Å². The fraction of sp³-hybridized carbons (Fsp3) is 0.0833. The molecule has 18 heavy (non-hydrogen) atoms. The SMILES string of the molecule is CNc1ccccc1N(C=O)c1ccnc(Cl)n1. The van der Waals surface area contributed by atoms with Crippen LogP contribution in [0.5, 0.6) is 0 Å². The van der Waals surface area contributed by atoms with Crippen molar-refractivity contribution in [3.8, 4) is 0 Å². The first-order valence-corrected chi connectivity index (χ1v) is 5.64. The first-order chi connectivity index (χ1) is 8.76. The van der Waals surface area contributed by atoms with Gasteiger partial charge < -0.3 is 5.32 Å². The second-order valence-corrected chi connectivity index (χ2v) is 3.76. The molecule has 1 aromatic carbocycles. The first kappa shape index (κ1) is 12.3. The molecule has 1 amide bonds. The molecule has 5 nitrogen and oxygen atoms in total. The van der Waals surface area contributed by atoms with Gasteiger partial charge in [-0.2, -0.15) is 4.98 Å². The molecule has 2 rings (SSSR count). The number of carbonyl (C=O) groups is 1. The van der Waals surface area contributed by atoms with Crippen molar-refractivity contribution in [1.82, 2.24) is 9.97 Å². The Labute approximate surface area is 109 Å². The minimum Gasteiger partial charge on any atom is -0.386 e. The van der Waals surface area contributed by atoms with Crippen LogP contribution in [-0.4, -0.2) is 23.4 Å². The number of carbonyl (C=O) groups excluding carboxylic acids is 1. The predicted octanol–water partition coefficient (Wildman–Crippen LogP) is 2.47. The molecule has 0 aliphatic carbocycles. The quantitative estimate of drug-likeness (QED) is 0.679. The summed E-state index contributed by atoms with van der Waals surface area (Å²) in [5, 5.41) is 3.12. The Morgan fingerprint density at radius 1 is 1.33 bits per heavy atom. The van der Waals surface area contributed by atoms with Gasteiger partial charge in [0.2, 0.25) is 11.7 Å². The van der Waals surface area contributed by atoms with E-state index in [-0.39, 0.29) is 5.28 Å². The van der Waals surface area contributed by atoms with Crippen LogP contribution in [-0.2, 0) is 4.79 Å². The van der Waals surface area contributed by atoms with Gasteiger partial charge in [-0.05, 0) is 29.8 Å². The standard InChI is InChI=1S/C12H11ClN4O/c1-14-9-4-2-3-5-10(9)17(8-18)11-6-7-15-12(13)16-11/h2-8,14H,1H3. The summed E-state index contributed by atoms with van der Waals surface area (Å²) in [6.45, 7) is 0. The van der Waals surface area contributed by atoms with E-state index < -0.39 is 0 Å². The van der Waals surface area contributed by atoms with Crippen LogP contribution in [0, 0.1) is 0 Å². The highest BCUT2D eigenvalue weighted by atomic mass is 35.5. The number of para-hydroxylation sites is 2. The minimum absolute atomic E-state index is 0.0984. The zero-order valence-electron chi connectivity index (χ0n) is 9.67. The maximum Gasteiger partial charge on any atom is 0.224 e. The van der Waals surface area contributed by atoms with E-state index in [1.807, 2.05) is 24.3 Å². The molecule has 92 valence electrons. The lowest BCUT2D eigenvalue weighted by Gasteiger charge is -2.19. The summed E-state index contributed by atoms with van der Waals surface area (Å²) in [5.41, 5.74) is 1.52. The molecule has 0 atom stereocenters. The van der Waals surface area contributed by atoms with Gasteiger partial charge in [-0.25, -0.2) is 4.98 Å². The van der Waals surface area contributed by atoms with Crippen LogP contribution < -0.4 is 10.2 Å². The molecule has 0 saturated heterocycles. The largest absolute Gasteiger partial charge is 0.386 e. The Bertz CT molecular complexity index is 561. The fourth-order valence-electron chi connectivity index (χ4n) is 1.59. The maximum atomic E-state index is 11.3. The normalized spacial score (nSPS) is 9.89. The molecule has 0 unspecified atom stereocenters. The van der Waals surface area contributed by atoms with Crippen molar-refractivity contribution < 1.29 is 4.79 Å². The zero-order valence-corrected chi connectivity index (χ0v) is 10.4. The highest BCUT2D eigenvalue weighted by Crippen LogP contribution is 2.29. The topological polar surface area (TPSA) is 58.1 Å². The summed E-state index contributed by atoms with van der Waals surface area (Å²) >= 11 is 5.73. The average molecular weight is 263 g/mol. The van der Waals surface area contributed by atoms with E-state index >= 15 is 0 Å². The molecule has 0 aliphatic rings. The van der Waals surface area contributed by atoms with Crippen LogP contribution in [0.2, 0.25) is 5.28 Å². The number of hydrogen-bond acceptors (Lipinski definition) is 4. The van der Waals surface area contributed by atoms with Gasteiger partial charge in [0.05, 0.1) is 11.4 Å². The van der Waals surface area contributed by atoms with E-state index in [0.717, 1.165) is 5.69 Å². The molecule has 0 radical (unpaired) electrons. The fourth-order valence-corrected chi connectivity index (χ4v) is 1.73. The van der Waals surface area contributed by atoms with E-state index in [1.165, 1.54) is 11.1 Å². The van der Waals surface area contributed by atoms with Gasteiger partial charge in [-0.3, -0.25) is 9.69 Å². The summed E-state index contributed by atoms with van der Waals surface area (Å²) in [6.07, 6.45) is 2.19. The Balaban J connectivity index is 2.48. The number of benzene rings is 1. The van der Waals surface area contributed by atoms with Gasteiger partial charge in [0.15, 0.2) is 0 Å². The maximum absolute atomic E-state index is 11.3. The van der Waals surface area contributed by atoms with Gasteiger partial charge in [-0.15, -0.1) is 0 Å². The molecule has 1 aromatic heterocycles. The van der Waals surface area contributed by atoms with E-state index in [2.05, 4.69) is 15.3 Å². The van der Waals surface area contributed by atoms with Crippen molar-refractivity contribution in [3.05, 3.63) is 41.8 Å². The molecule has 0 aliphatic heterocycles. The number of nitrogens with one attached hydrogen (secondary N) is 1. The monoisotopic (exact) mass is 262 g/mol. The Morgan fingerprint density at radius 2 is 2.11 bits per heavy atom. The third-order valence-corrected chi connectivity index (χ3v) is 2.58. The minimum atomic E-state index is 0.0984.